The molecule has 2 heterocycles. The number of hydrogen-bond acceptors (Lipinski definition) is 6. The van der Waals surface area contributed by atoms with E-state index < -0.39 is 26.8 Å². The molecule has 1 saturated heterocycles. The van der Waals surface area contributed by atoms with E-state index in [4.69, 9.17) is 11.6 Å². The first-order chi connectivity index (χ1) is 15.0. The number of quaternary nitrogens is 1. The summed E-state index contributed by atoms with van der Waals surface area (Å²) in [6.07, 6.45) is 4.24. The van der Waals surface area contributed by atoms with Gasteiger partial charge in [0.25, 0.3) is 0 Å². The topological polar surface area (TPSA) is 115 Å². The third kappa shape index (κ3) is 5.41. The van der Waals surface area contributed by atoms with Crippen molar-refractivity contribution in [3.05, 3.63) is 46.4 Å². The number of carbonyl (C=O) groups is 1. The molecular formula is C20H29ClN6O4S. The van der Waals surface area contributed by atoms with Crippen molar-refractivity contribution in [2.75, 3.05) is 29.8 Å². The number of aryl methyl sites for hydroxylation is 1. The van der Waals surface area contributed by atoms with Crippen LogP contribution in [0.2, 0.25) is 5.02 Å². The zero-order valence-corrected chi connectivity index (χ0v) is 20.2. The predicted octanol–water partition coefficient (Wildman–Crippen LogP) is 1.96. The number of nitrogens with one attached hydrogen (secondary N) is 2. The number of halogens is 1. The van der Waals surface area contributed by atoms with Crippen molar-refractivity contribution in [1.82, 2.24) is 14.7 Å². The van der Waals surface area contributed by atoms with Gasteiger partial charge in [-0.05, 0) is 56.1 Å². The van der Waals surface area contributed by atoms with Crippen LogP contribution in [0.4, 0.5) is 16.2 Å². The molecule has 2 unspecified atom stereocenters. The molecule has 2 atom stereocenters. The first-order valence-electron chi connectivity index (χ1n) is 10.4. The van der Waals surface area contributed by atoms with Gasteiger partial charge in [0.15, 0.2) is 0 Å². The van der Waals surface area contributed by atoms with E-state index in [2.05, 4.69) is 10.4 Å². The molecule has 0 aliphatic carbocycles. The highest BCUT2D eigenvalue weighted by atomic mass is 35.5. The number of piperidine rings is 1. The number of carbonyl (C=O) groups excluding carboxylic acids is 1. The Morgan fingerprint density at radius 2 is 2.06 bits per heavy atom. The Balaban J connectivity index is 1.89. The van der Waals surface area contributed by atoms with Gasteiger partial charge in [0.1, 0.15) is 0 Å². The second-order valence-electron chi connectivity index (χ2n) is 8.40. The van der Waals surface area contributed by atoms with Crippen LogP contribution in [0, 0.1) is 5.21 Å². The maximum Gasteiger partial charge on any atom is 0.436 e. The van der Waals surface area contributed by atoms with E-state index in [1.54, 1.807) is 19.2 Å². The molecule has 2 amide bonds. The van der Waals surface area contributed by atoms with Crippen molar-refractivity contribution in [1.29, 1.82) is 0 Å². The molecule has 12 heteroatoms. The van der Waals surface area contributed by atoms with Crippen molar-refractivity contribution in [3.63, 3.8) is 0 Å². The van der Waals surface area contributed by atoms with Gasteiger partial charge in [-0.15, -0.1) is 0 Å². The lowest BCUT2D eigenvalue weighted by Crippen LogP contribution is -3.14. The van der Waals surface area contributed by atoms with Crippen LogP contribution >= 0.6 is 11.6 Å². The molecule has 1 aromatic carbocycles. The molecule has 0 bridgehead atoms. The van der Waals surface area contributed by atoms with Gasteiger partial charge in [0.2, 0.25) is 0 Å². The van der Waals surface area contributed by atoms with Crippen LogP contribution < -0.4 is 14.1 Å². The van der Waals surface area contributed by atoms with Crippen LogP contribution in [-0.2, 0) is 17.3 Å². The third-order valence-electron chi connectivity index (χ3n) is 5.40. The summed E-state index contributed by atoms with van der Waals surface area (Å²) >= 11 is 6.12. The highest BCUT2D eigenvalue weighted by molar-refractivity contribution is 7.86. The SMILES string of the molecule is CC(C)c1cc(Cl)cc(NC(=O)[NH+]([O-])S(=O)(=O)N(c2cnn(C)c2)C2CCCN(C)C2)c1. The van der Waals surface area contributed by atoms with Gasteiger partial charge < -0.3 is 10.1 Å². The van der Waals surface area contributed by atoms with Gasteiger partial charge in [0.05, 0.1) is 17.9 Å². The summed E-state index contributed by atoms with van der Waals surface area (Å²) in [4.78, 5) is 14.7. The van der Waals surface area contributed by atoms with Gasteiger partial charge in [-0.3, -0.25) is 10.00 Å². The molecule has 1 fully saturated rings. The molecule has 3 rings (SSSR count). The smallest absolute Gasteiger partial charge is 0.436 e. The fourth-order valence-corrected chi connectivity index (χ4v) is 5.45. The Morgan fingerprint density at radius 3 is 2.66 bits per heavy atom. The van der Waals surface area contributed by atoms with E-state index in [0.29, 0.717) is 18.0 Å². The normalized spacial score (nSPS) is 18.5. The van der Waals surface area contributed by atoms with Gasteiger partial charge in [-0.25, -0.2) is 9.10 Å². The molecule has 1 aliphatic heterocycles. The zero-order chi connectivity index (χ0) is 23.6. The van der Waals surface area contributed by atoms with Gasteiger partial charge >= 0.3 is 16.2 Å². The minimum atomic E-state index is -4.65. The Kier molecular flexibility index (Phi) is 7.46. The highest BCUT2D eigenvalue weighted by Gasteiger charge is 2.40. The summed E-state index contributed by atoms with van der Waals surface area (Å²) in [5.41, 5.74) is 1.37. The number of nitrogens with zero attached hydrogens (tertiary/aromatic N) is 4. The van der Waals surface area contributed by atoms with Crippen molar-refractivity contribution >= 4 is 39.2 Å². The van der Waals surface area contributed by atoms with Crippen molar-refractivity contribution < 1.29 is 17.7 Å². The van der Waals surface area contributed by atoms with Crippen LogP contribution in [-0.4, -0.2) is 55.3 Å². The molecule has 0 radical (unpaired) electrons. The highest BCUT2D eigenvalue weighted by Crippen LogP contribution is 2.25. The summed E-state index contributed by atoms with van der Waals surface area (Å²) in [7, 11) is -1.11. The van der Waals surface area contributed by atoms with E-state index in [9.17, 15) is 18.4 Å². The fraction of sp³-hybridized carbons (Fsp3) is 0.500. The summed E-state index contributed by atoms with van der Waals surface area (Å²) in [5, 5.41) is 19.7. The summed E-state index contributed by atoms with van der Waals surface area (Å²) in [5.74, 6) is 0.133. The van der Waals surface area contributed by atoms with Crippen LogP contribution in [0.5, 0.6) is 0 Å². The average Bonchev–Trinajstić information content (AvgIpc) is 3.12. The van der Waals surface area contributed by atoms with Crippen LogP contribution in [0.25, 0.3) is 0 Å². The molecule has 0 saturated carbocycles. The molecule has 10 nitrogen and oxygen atoms in total. The molecular weight excluding hydrogens is 456 g/mol. The number of likely N-dealkylation sites (tertiary alicyclic amines) is 1. The maximum absolute atomic E-state index is 13.4. The Hall–Kier alpha value is -2.18. The van der Waals surface area contributed by atoms with E-state index in [1.165, 1.54) is 23.1 Å². The Labute approximate surface area is 193 Å². The minimum absolute atomic E-state index is 0.133. The first kappa shape index (κ1) is 24.5. The molecule has 2 aromatic rings. The number of aromatic nitrogens is 2. The van der Waals surface area contributed by atoms with E-state index in [0.717, 1.165) is 22.8 Å². The molecule has 0 spiro atoms. The quantitative estimate of drug-likeness (QED) is 0.605. The predicted molar refractivity (Wildman–Crippen MR) is 124 cm³/mol. The second kappa shape index (κ2) is 9.75. The summed E-state index contributed by atoms with van der Waals surface area (Å²) in [6.45, 7) is 5.19. The summed E-state index contributed by atoms with van der Waals surface area (Å²) in [6, 6.07) is 3.17. The Morgan fingerprint density at radius 1 is 1.34 bits per heavy atom. The number of urea groups is 1. The van der Waals surface area contributed by atoms with E-state index in [1.807, 2.05) is 25.8 Å². The van der Waals surface area contributed by atoms with Crippen molar-refractivity contribution in [2.24, 2.45) is 7.05 Å². The Bertz CT molecular complexity index is 1070. The number of amides is 2. The van der Waals surface area contributed by atoms with E-state index >= 15 is 0 Å². The van der Waals surface area contributed by atoms with Crippen LogP contribution in [0.1, 0.15) is 38.2 Å². The zero-order valence-electron chi connectivity index (χ0n) is 18.6. The first-order valence-corrected chi connectivity index (χ1v) is 12.2. The fourth-order valence-electron chi connectivity index (χ4n) is 3.80. The molecule has 176 valence electrons. The van der Waals surface area contributed by atoms with E-state index in [-0.39, 0.29) is 17.3 Å². The van der Waals surface area contributed by atoms with Gasteiger partial charge in [0, 0.05) is 30.5 Å². The number of hydrogen-bond donors (Lipinski definition) is 2. The molecule has 32 heavy (non-hydrogen) atoms. The standard InChI is InChI=1S/C20H29ClN6O4S/c1-14(2)15-8-16(21)10-17(9-15)23-20(28)27(29)32(30,31)26(19-11-22-25(4)13-19)18-6-5-7-24(3)12-18/h8-11,13-14,18,27H,5-7,12H2,1-4H3,(H,23,28). The number of hydroxylamine groups is 1. The second-order valence-corrected chi connectivity index (χ2v) is 10.6. The minimum Gasteiger partial charge on any atom is -0.608 e. The largest absolute Gasteiger partial charge is 0.608 e. The lowest BCUT2D eigenvalue weighted by Gasteiger charge is -2.38. The van der Waals surface area contributed by atoms with Gasteiger partial charge in [-0.1, -0.05) is 25.4 Å². The van der Waals surface area contributed by atoms with Crippen LogP contribution in [0.3, 0.4) is 0 Å². The lowest BCUT2D eigenvalue weighted by molar-refractivity contribution is -0.604. The van der Waals surface area contributed by atoms with Gasteiger partial charge in [-0.2, -0.15) is 18.0 Å². The number of rotatable bonds is 6. The number of likely N-dealkylation sites (N-methyl/N-ethyl adjacent to an activating group) is 1. The van der Waals surface area contributed by atoms with Crippen molar-refractivity contribution in [3.8, 4) is 0 Å². The number of anilines is 2. The van der Waals surface area contributed by atoms with Crippen LogP contribution in [0.15, 0.2) is 30.6 Å². The lowest BCUT2D eigenvalue weighted by atomic mass is 10.0. The monoisotopic (exact) mass is 484 g/mol. The number of benzene rings is 1. The molecule has 1 aliphatic rings. The molecule has 1 aromatic heterocycles. The third-order valence-corrected chi connectivity index (χ3v) is 7.30. The average molecular weight is 485 g/mol. The van der Waals surface area contributed by atoms with Crippen molar-refractivity contribution in [2.45, 2.75) is 38.6 Å². The molecule has 2 N–H and O–H groups in total. The maximum atomic E-state index is 13.4. The summed E-state index contributed by atoms with van der Waals surface area (Å²) < 4.78 is 27.7.